The fraction of sp³-hybridized carbons (Fsp3) is 0. The van der Waals surface area contributed by atoms with Gasteiger partial charge >= 0.3 is 0 Å². The summed E-state index contributed by atoms with van der Waals surface area (Å²) in [6.07, 6.45) is 4.05. The lowest BCUT2D eigenvalue weighted by molar-refractivity contribution is 0.112. The van der Waals surface area contributed by atoms with Gasteiger partial charge in [0.15, 0.2) is 0 Å². The van der Waals surface area contributed by atoms with Gasteiger partial charge in [0.25, 0.3) is 0 Å². The van der Waals surface area contributed by atoms with Crippen molar-refractivity contribution in [2.45, 2.75) is 9.92 Å². The number of rotatable bonds is 3. The number of hydrogen-bond acceptors (Lipinski definition) is 4. The van der Waals surface area contributed by atoms with Crippen LogP contribution in [0.25, 0.3) is 0 Å². The molecule has 0 fully saturated rings. The van der Waals surface area contributed by atoms with Crippen molar-refractivity contribution < 1.29 is 4.79 Å². The smallest absolute Gasteiger partial charge is 0.150 e. The molecular weight excluding hydrogens is 208 g/mol. The Morgan fingerprint density at radius 3 is 2.53 bits per heavy atom. The molecule has 0 aliphatic heterocycles. The van der Waals surface area contributed by atoms with Gasteiger partial charge in [-0.25, -0.2) is 9.97 Å². The standard InChI is InChI=1S/C11H8N2OS/c14-7-9-1-3-10(4-2-9)15-11-5-6-12-8-13-11/h1-8H. The molecule has 0 spiro atoms. The largest absolute Gasteiger partial charge is 0.298 e. The highest BCUT2D eigenvalue weighted by atomic mass is 32.2. The molecule has 2 rings (SSSR count). The highest BCUT2D eigenvalue weighted by molar-refractivity contribution is 7.99. The monoisotopic (exact) mass is 216 g/mol. The van der Waals surface area contributed by atoms with Crippen molar-refractivity contribution in [1.82, 2.24) is 9.97 Å². The number of nitrogens with zero attached hydrogens (tertiary/aromatic N) is 2. The minimum absolute atomic E-state index is 0.682. The van der Waals surface area contributed by atoms with Crippen LogP contribution in [0.15, 0.2) is 52.8 Å². The Labute approximate surface area is 91.6 Å². The van der Waals surface area contributed by atoms with Crippen LogP contribution in [0.2, 0.25) is 0 Å². The molecule has 2 aromatic rings. The van der Waals surface area contributed by atoms with Crippen molar-refractivity contribution in [2.24, 2.45) is 0 Å². The number of aldehydes is 1. The lowest BCUT2D eigenvalue weighted by Gasteiger charge is -1.99. The molecule has 0 bridgehead atoms. The Balaban J connectivity index is 2.15. The molecule has 0 atom stereocenters. The molecule has 0 unspecified atom stereocenters. The third-order valence-corrected chi connectivity index (χ3v) is 2.75. The van der Waals surface area contributed by atoms with E-state index in [4.69, 9.17) is 0 Å². The first-order valence-electron chi connectivity index (χ1n) is 4.37. The average molecular weight is 216 g/mol. The summed E-state index contributed by atoms with van der Waals surface area (Å²) >= 11 is 1.54. The molecular formula is C11H8N2OS. The maximum absolute atomic E-state index is 10.4. The summed E-state index contributed by atoms with van der Waals surface area (Å²) in [6.45, 7) is 0. The SMILES string of the molecule is O=Cc1ccc(Sc2ccncn2)cc1. The maximum atomic E-state index is 10.4. The Bertz CT molecular complexity index is 442. The third-order valence-electron chi connectivity index (χ3n) is 1.79. The van der Waals surface area contributed by atoms with Gasteiger partial charge in [-0.05, 0) is 18.2 Å². The van der Waals surface area contributed by atoms with Crippen LogP contribution in [0, 0.1) is 0 Å². The first-order valence-corrected chi connectivity index (χ1v) is 5.19. The maximum Gasteiger partial charge on any atom is 0.150 e. The summed E-state index contributed by atoms with van der Waals surface area (Å²) in [4.78, 5) is 19.4. The van der Waals surface area contributed by atoms with Gasteiger partial charge in [0.1, 0.15) is 17.6 Å². The van der Waals surface area contributed by atoms with E-state index in [1.54, 1.807) is 18.3 Å². The Kier molecular flexibility index (Phi) is 3.09. The van der Waals surface area contributed by atoms with Crippen molar-refractivity contribution in [3.05, 3.63) is 48.4 Å². The highest BCUT2D eigenvalue weighted by Crippen LogP contribution is 2.24. The summed E-state index contributed by atoms with van der Waals surface area (Å²) in [5.41, 5.74) is 0.682. The van der Waals surface area contributed by atoms with E-state index in [0.717, 1.165) is 16.2 Å². The molecule has 1 heterocycles. The number of carbonyl (C=O) groups is 1. The molecule has 1 aromatic carbocycles. The molecule has 4 heteroatoms. The van der Waals surface area contributed by atoms with Crippen molar-refractivity contribution in [3.8, 4) is 0 Å². The molecule has 0 aliphatic carbocycles. The fourth-order valence-corrected chi connectivity index (χ4v) is 1.82. The van der Waals surface area contributed by atoms with Crippen LogP contribution in [0.3, 0.4) is 0 Å². The molecule has 0 saturated carbocycles. The van der Waals surface area contributed by atoms with Gasteiger partial charge in [0, 0.05) is 16.7 Å². The molecule has 0 radical (unpaired) electrons. The predicted octanol–water partition coefficient (Wildman–Crippen LogP) is 2.44. The lowest BCUT2D eigenvalue weighted by atomic mass is 10.2. The van der Waals surface area contributed by atoms with Crippen LogP contribution in [-0.4, -0.2) is 16.3 Å². The van der Waals surface area contributed by atoms with E-state index in [1.807, 2.05) is 18.2 Å². The molecule has 1 aromatic heterocycles. The zero-order valence-corrected chi connectivity index (χ0v) is 8.65. The van der Waals surface area contributed by atoms with Crippen molar-refractivity contribution in [3.63, 3.8) is 0 Å². The fourth-order valence-electron chi connectivity index (χ4n) is 1.07. The highest BCUT2D eigenvalue weighted by Gasteiger charge is 1.97. The summed E-state index contributed by atoms with van der Waals surface area (Å²) < 4.78 is 0. The molecule has 3 nitrogen and oxygen atoms in total. The van der Waals surface area contributed by atoms with Gasteiger partial charge in [-0.1, -0.05) is 23.9 Å². The van der Waals surface area contributed by atoms with Gasteiger partial charge in [0.2, 0.25) is 0 Å². The second-order valence-electron chi connectivity index (χ2n) is 2.84. The first-order chi connectivity index (χ1) is 7.38. The van der Waals surface area contributed by atoms with Crippen LogP contribution in [0.4, 0.5) is 0 Å². The van der Waals surface area contributed by atoms with Crippen LogP contribution >= 0.6 is 11.8 Å². The molecule has 74 valence electrons. The zero-order chi connectivity index (χ0) is 10.5. The molecule has 0 amide bonds. The van der Waals surface area contributed by atoms with E-state index in [1.165, 1.54) is 18.1 Å². The van der Waals surface area contributed by atoms with E-state index >= 15 is 0 Å². The first kappa shape index (κ1) is 9.86. The molecule has 0 aliphatic rings. The minimum Gasteiger partial charge on any atom is -0.298 e. The Morgan fingerprint density at radius 1 is 1.13 bits per heavy atom. The van der Waals surface area contributed by atoms with Gasteiger partial charge in [-0.15, -0.1) is 0 Å². The van der Waals surface area contributed by atoms with Crippen LogP contribution in [0.5, 0.6) is 0 Å². The lowest BCUT2D eigenvalue weighted by Crippen LogP contribution is -1.81. The van der Waals surface area contributed by atoms with Gasteiger partial charge < -0.3 is 0 Å². The number of benzene rings is 1. The van der Waals surface area contributed by atoms with Crippen LogP contribution in [0.1, 0.15) is 10.4 Å². The predicted molar refractivity (Wildman–Crippen MR) is 58.0 cm³/mol. The summed E-state index contributed by atoms with van der Waals surface area (Å²) in [6, 6.07) is 9.22. The van der Waals surface area contributed by atoms with Gasteiger partial charge in [-0.3, -0.25) is 4.79 Å². The summed E-state index contributed by atoms with van der Waals surface area (Å²) in [5.74, 6) is 0. The van der Waals surface area contributed by atoms with Crippen LogP contribution in [-0.2, 0) is 0 Å². The van der Waals surface area contributed by atoms with Gasteiger partial charge in [0.05, 0.1) is 0 Å². The van der Waals surface area contributed by atoms with E-state index in [9.17, 15) is 4.79 Å². The second kappa shape index (κ2) is 4.70. The van der Waals surface area contributed by atoms with E-state index < -0.39 is 0 Å². The second-order valence-corrected chi connectivity index (χ2v) is 3.93. The number of hydrogen-bond donors (Lipinski definition) is 0. The summed E-state index contributed by atoms with van der Waals surface area (Å²) in [7, 11) is 0. The quantitative estimate of drug-likeness (QED) is 0.584. The zero-order valence-electron chi connectivity index (χ0n) is 7.83. The Hall–Kier alpha value is -1.68. The molecule has 0 N–H and O–H groups in total. The molecule has 15 heavy (non-hydrogen) atoms. The van der Waals surface area contributed by atoms with Crippen molar-refractivity contribution in [1.29, 1.82) is 0 Å². The molecule has 0 saturated heterocycles. The van der Waals surface area contributed by atoms with Crippen LogP contribution < -0.4 is 0 Å². The number of carbonyl (C=O) groups excluding carboxylic acids is 1. The normalized spacial score (nSPS) is 9.87. The van der Waals surface area contributed by atoms with Crippen molar-refractivity contribution in [2.75, 3.05) is 0 Å². The average Bonchev–Trinajstić information content (AvgIpc) is 2.31. The summed E-state index contributed by atoms with van der Waals surface area (Å²) in [5, 5.41) is 0.892. The minimum atomic E-state index is 0.682. The third kappa shape index (κ3) is 2.63. The van der Waals surface area contributed by atoms with Crippen molar-refractivity contribution >= 4 is 18.0 Å². The van der Waals surface area contributed by atoms with E-state index in [0.29, 0.717) is 5.56 Å². The topological polar surface area (TPSA) is 42.9 Å². The van der Waals surface area contributed by atoms with E-state index in [2.05, 4.69) is 9.97 Å². The Morgan fingerprint density at radius 2 is 1.93 bits per heavy atom. The number of aromatic nitrogens is 2. The van der Waals surface area contributed by atoms with Gasteiger partial charge in [-0.2, -0.15) is 0 Å². The van der Waals surface area contributed by atoms with E-state index in [-0.39, 0.29) is 0 Å².